The molecule has 0 aromatic heterocycles. The number of benzene rings is 1. The number of rotatable bonds is 2. The summed E-state index contributed by atoms with van der Waals surface area (Å²) in [5, 5.41) is 10.9. The first-order chi connectivity index (χ1) is 9.51. The highest BCUT2D eigenvalue weighted by Crippen LogP contribution is 2.17. The Morgan fingerprint density at radius 2 is 2.15 bits per heavy atom. The molecular formula is C14H12ClN5. The molecule has 0 amide bonds. The van der Waals surface area contributed by atoms with Crippen molar-refractivity contribution in [3.63, 3.8) is 0 Å². The number of hydrazine groups is 1. The van der Waals surface area contributed by atoms with Crippen LogP contribution >= 0.6 is 11.6 Å². The second kappa shape index (κ2) is 5.61. The molecule has 0 saturated heterocycles. The molecule has 20 heavy (non-hydrogen) atoms. The van der Waals surface area contributed by atoms with Crippen LogP contribution in [0, 0.1) is 11.3 Å². The van der Waals surface area contributed by atoms with Gasteiger partial charge in [-0.3, -0.25) is 5.01 Å². The van der Waals surface area contributed by atoms with Gasteiger partial charge in [0.25, 0.3) is 0 Å². The second-order valence-electron chi connectivity index (χ2n) is 4.08. The number of nitriles is 1. The SMILES string of the molecule is C=C1C=CC(N=C(N)c2cc(Cl)ccc2C#N)=CN1N. The number of aliphatic imine (C=N–C) groups is 1. The van der Waals surface area contributed by atoms with Crippen molar-refractivity contribution in [2.75, 3.05) is 0 Å². The topological polar surface area (TPSA) is 91.4 Å². The van der Waals surface area contributed by atoms with Gasteiger partial charge in [-0.05, 0) is 30.4 Å². The van der Waals surface area contributed by atoms with E-state index >= 15 is 0 Å². The summed E-state index contributed by atoms with van der Waals surface area (Å²) in [4.78, 5) is 4.24. The Morgan fingerprint density at radius 1 is 1.40 bits per heavy atom. The Kier molecular flexibility index (Phi) is 3.89. The van der Waals surface area contributed by atoms with E-state index in [0.29, 0.717) is 27.5 Å². The largest absolute Gasteiger partial charge is 0.383 e. The summed E-state index contributed by atoms with van der Waals surface area (Å²) >= 11 is 5.91. The van der Waals surface area contributed by atoms with Crippen LogP contribution in [0.15, 0.2) is 59.5 Å². The van der Waals surface area contributed by atoms with Crippen molar-refractivity contribution < 1.29 is 0 Å². The van der Waals surface area contributed by atoms with Crippen LogP contribution in [0.5, 0.6) is 0 Å². The second-order valence-corrected chi connectivity index (χ2v) is 4.52. The molecule has 5 nitrogen and oxygen atoms in total. The molecule has 1 aliphatic rings. The molecule has 6 heteroatoms. The van der Waals surface area contributed by atoms with Gasteiger partial charge in [-0.25, -0.2) is 10.8 Å². The minimum absolute atomic E-state index is 0.195. The van der Waals surface area contributed by atoms with Gasteiger partial charge < -0.3 is 5.73 Å². The van der Waals surface area contributed by atoms with E-state index in [4.69, 9.17) is 28.4 Å². The zero-order valence-electron chi connectivity index (χ0n) is 10.5. The fourth-order valence-corrected chi connectivity index (χ4v) is 1.80. The van der Waals surface area contributed by atoms with Gasteiger partial charge in [-0.1, -0.05) is 18.2 Å². The lowest BCUT2D eigenvalue weighted by atomic mass is 10.1. The molecular weight excluding hydrogens is 274 g/mol. The average molecular weight is 286 g/mol. The molecule has 0 saturated carbocycles. The van der Waals surface area contributed by atoms with Crippen molar-refractivity contribution in [1.29, 1.82) is 5.26 Å². The summed E-state index contributed by atoms with van der Waals surface area (Å²) in [5.74, 6) is 5.88. The first kappa shape index (κ1) is 13.9. The van der Waals surface area contributed by atoms with Crippen LogP contribution in [-0.2, 0) is 0 Å². The van der Waals surface area contributed by atoms with Crippen molar-refractivity contribution >= 4 is 17.4 Å². The Labute approximate surface area is 121 Å². The van der Waals surface area contributed by atoms with Crippen LogP contribution in [-0.4, -0.2) is 10.8 Å². The number of halogens is 1. The number of nitrogens with two attached hydrogens (primary N) is 2. The number of amidine groups is 1. The van der Waals surface area contributed by atoms with Crippen LogP contribution in [0.2, 0.25) is 5.02 Å². The maximum absolute atomic E-state index is 9.07. The zero-order chi connectivity index (χ0) is 14.7. The van der Waals surface area contributed by atoms with Gasteiger partial charge >= 0.3 is 0 Å². The molecule has 0 spiro atoms. The summed E-state index contributed by atoms with van der Waals surface area (Å²) in [6.45, 7) is 3.74. The fraction of sp³-hybridized carbons (Fsp3) is 0. The van der Waals surface area contributed by atoms with E-state index in [1.165, 1.54) is 5.01 Å². The molecule has 1 aliphatic heterocycles. The zero-order valence-corrected chi connectivity index (χ0v) is 11.3. The molecule has 4 N–H and O–H groups in total. The number of hydrogen-bond donors (Lipinski definition) is 2. The van der Waals surface area contributed by atoms with Crippen LogP contribution in [0.3, 0.4) is 0 Å². The summed E-state index contributed by atoms with van der Waals surface area (Å²) in [5.41, 5.74) is 8.03. The Hall–Kier alpha value is -2.55. The molecule has 0 aliphatic carbocycles. The fourth-order valence-electron chi connectivity index (χ4n) is 1.63. The van der Waals surface area contributed by atoms with Crippen molar-refractivity contribution in [3.8, 4) is 6.07 Å². The maximum atomic E-state index is 9.07. The predicted octanol–water partition coefficient (Wildman–Crippen LogP) is 2.02. The molecule has 0 atom stereocenters. The van der Waals surface area contributed by atoms with Crippen molar-refractivity contribution in [3.05, 3.63) is 70.7 Å². The van der Waals surface area contributed by atoms with E-state index in [0.717, 1.165) is 0 Å². The Balaban J connectivity index is 2.40. The third-order valence-electron chi connectivity index (χ3n) is 2.68. The van der Waals surface area contributed by atoms with Crippen molar-refractivity contribution in [2.24, 2.45) is 16.6 Å². The summed E-state index contributed by atoms with van der Waals surface area (Å²) < 4.78 is 0. The maximum Gasteiger partial charge on any atom is 0.132 e. The first-order valence-electron chi connectivity index (χ1n) is 5.68. The molecule has 100 valence electrons. The number of hydrogen-bond acceptors (Lipinski definition) is 4. The van der Waals surface area contributed by atoms with Crippen LogP contribution in [0.25, 0.3) is 0 Å². The lowest BCUT2D eigenvalue weighted by molar-refractivity contribution is 0.502. The minimum atomic E-state index is 0.195. The highest BCUT2D eigenvalue weighted by molar-refractivity contribution is 6.31. The molecule has 0 radical (unpaired) electrons. The van der Waals surface area contributed by atoms with Gasteiger partial charge in [0.15, 0.2) is 0 Å². The summed E-state index contributed by atoms with van der Waals surface area (Å²) in [6.07, 6.45) is 5.04. The lowest BCUT2D eigenvalue weighted by Gasteiger charge is -2.17. The number of nitrogens with zero attached hydrogens (tertiary/aromatic N) is 3. The van der Waals surface area contributed by atoms with Gasteiger partial charge in [0.1, 0.15) is 5.84 Å². The van der Waals surface area contributed by atoms with Crippen LogP contribution < -0.4 is 11.6 Å². The highest BCUT2D eigenvalue weighted by Gasteiger charge is 2.09. The summed E-state index contributed by atoms with van der Waals surface area (Å²) in [7, 11) is 0. The molecule has 0 bridgehead atoms. The first-order valence-corrected chi connectivity index (χ1v) is 6.06. The summed E-state index contributed by atoms with van der Waals surface area (Å²) in [6, 6.07) is 6.88. The number of allylic oxidation sites excluding steroid dienone is 2. The molecule has 2 rings (SSSR count). The lowest BCUT2D eigenvalue weighted by Crippen LogP contribution is -2.25. The van der Waals surface area contributed by atoms with Crippen molar-refractivity contribution in [2.45, 2.75) is 0 Å². The quantitative estimate of drug-likeness (QED) is 0.494. The van der Waals surface area contributed by atoms with Gasteiger partial charge in [0, 0.05) is 22.5 Å². The molecule has 1 heterocycles. The normalized spacial score (nSPS) is 15.1. The standard InChI is InChI=1S/C14H12ClN5/c1-9-2-5-12(8-20(9)18)19-14(17)13-6-11(15)4-3-10(13)7-16/h2-6,8H,1,18H2,(H2,17,19). The molecule has 0 fully saturated rings. The third-order valence-corrected chi connectivity index (χ3v) is 2.91. The van der Waals surface area contributed by atoms with E-state index in [2.05, 4.69) is 17.6 Å². The average Bonchev–Trinajstić information content (AvgIpc) is 2.43. The van der Waals surface area contributed by atoms with Gasteiger partial charge in [-0.2, -0.15) is 5.26 Å². The van der Waals surface area contributed by atoms with Gasteiger partial charge in [0.05, 0.1) is 17.3 Å². The predicted molar refractivity (Wildman–Crippen MR) is 79.3 cm³/mol. The Bertz CT molecular complexity index is 694. The van der Waals surface area contributed by atoms with Gasteiger partial charge in [0.2, 0.25) is 0 Å². The van der Waals surface area contributed by atoms with Crippen LogP contribution in [0.1, 0.15) is 11.1 Å². The molecule has 1 aromatic carbocycles. The van der Waals surface area contributed by atoms with E-state index in [1.807, 2.05) is 0 Å². The Morgan fingerprint density at radius 3 is 2.80 bits per heavy atom. The molecule has 1 aromatic rings. The van der Waals surface area contributed by atoms with E-state index < -0.39 is 0 Å². The monoisotopic (exact) mass is 285 g/mol. The smallest absolute Gasteiger partial charge is 0.132 e. The molecule has 0 unspecified atom stereocenters. The highest BCUT2D eigenvalue weighted by atomic mass is 35.5. The van der Waals surface area contributed by atoms with Crippen LogP contribution in [0.4, 0.5) is 0 Å². The van der Waals surface area contributed by atoms with Crippen molar-refractivity contribution in [1.82, 2.24) is 5.01 Å². The van der Waals surface area contributed by atoms with E-state index in [-0.39, 0.29) is 5.84 Å². The van der Waals surface area contributed by atoms with E-state index in [1.54, 1.807) is 36.6 Å². The third kappa shape index (κ3) is 2.88. The van der Waals surface area contributed by atoms with Gasteiger partial charge in [-0.15, -0.1) is 0 Å². The minimum Gasteiger partial charge on any atom is -0.383 e. The van der Waals surface area contributed by atoms with E-state index in [9.17, 15) is 0 Å².